The predicted molar refractivity (Wildman–Crippen MR) is 73.8 cm³/mol. The third-order valence-corrected chi connectivity index (χ3v) is 2.70. The topological polar surface area (TPSA) is 55.8 Å². The normalized spacial score (nSPS) is 11.9. The first-order chi connectivity index (χ1) is 9.13. The van der Waals surface area contributed by atoms with E-state index in [1.807, 2.05) is 13.8 Å². The summed E-state index contributed by atoms with van der Waals surface area (Å²) in [5, 5.41) is 9.06. The van der Waals surface area contributed by atoms with Crippen molar-refractivity contribution < 1.29 is 19.4 Å². The molecule has 104 valence electrons. The van der Waals surface area contributed by atoms with Crippen LogP contribution in [0.2, 0.25) is 0 Å². The van der Waals surface area contributed by atoms with Crippen molar-refractivity contribution in [3.05, 3.63) is 42.0 Å². The monoisotopic (exact) mass is 264 g/mol. The summed E-state index contributed by atoms with van der Waals surface area (Å²) in [7, 11) is 0. The van der Waals surface area contributed by atoms with E-state index in [0.29, 0.717) is 19.0 Å². The fourth-order valence-electron chi connectivity index (χ4n) is 1.84. The highest BCUT2D eigenvalue weighted by atomic mass is 16.5. The van der Waals surface area contributed by atoms with E-state index < -0.39 is 5.97 Å². The molecular weight excluding hydrogens is 244 g/mol. The van der Waals surface area contributed by atoms with E-state index in [-0.39, 0.29) is 11.7 Å². The van der Waals surface area contributed by atoms with Gasteiger partial charge in [-0.05, 0) is 31.5 Å². The minimum absolute atomic E-state index is 0.163. The first-order valence-electron chi connectivity index (χ1n) is 6.36. The van der Waals surface area contributed by atoms with Crippen LogP contribution in [0.1, 0.15) is 42.3 Å². The summed E-state index contributed by atoms with van der Waals surface area (Å²) >= 11 is 0. The van der Waals surface area contributed by atoms with E-state index in [4.69, 9.17) is 14.6 Å². The molecule has 4 heteroatoms. The fraction of sp³-hybridized carbons (Fsp3) is 0.400. The van der Waals surface area contributed by atoms with Crippen LogP contribution in [0.4, 0.5) is 0 Å². The van der Waals surface area contributed by atoms with Crippen molar-refractivity contribution >= 4 is 5.97 Å². The molecule has 1 rings (SSSR count). The molecule has 1 atom stereocenters. The standard InChI is InChI=1S/C15H20O4/c1-4-9-19-14-8-7-11(15(16)17)10-12(14)13(5-2)18-6-3/h4,7-8,10,13H,1,5-6,9H2,2-3H3,(H,16,17). The molecule has 4 nitrogen and oxygen atoms in total. The summed E-state index contributed by atoms with van der Waals surface area (Å²) < 4.78 is 11.2. The number of ether oxygens (including phenoxy) is 2. The Labute approximate surface area is 113 Å². The lowest BCUT2D eigenvalue weighted by atomic mass is 10.0. The molecule has 0 saturated heterocycles. The van der Waals surface area contributed by atoms with Crippen molar-refractivity contribution in [1.82, 2.24) is 0 Å². The first-order valence-corrected chi connectivity index (χ1v) is 6.36. The summed E-state index contributed by atoms with van der Waals surface area (Å²) in [5.41, 5.74) is 1.00. The molecule has 1 unspecified atom stereocenters. The number of carbonyl (C=O) groups is 1. The quantitative estimate of drug-likeness (QED) is 0.731. The summed E-state index contributed by atoms with van der Waals surface area (Å²) in [6.45, 7) is 8.45. The lowest BCUT2D eigenvalue weighted by Gasteiger charge is -2.19. The van der Waals surface area contributed by atoms with Gasteiger partial charge in [0.05, 0.1) is 11.7 Å². The van der Waals surface area contributed by atoms with Crippen molar-refractivity contribution in [3.8, 4) is 5.75 Å². The maximum absolute atomic E-state index is 11.0. The van der Waals surface area contributed by atoms with Gasteiger partial charge in [0, 0.05) is 12.2 Å². The molecule has 0 aliphatic rings. The zero-order valence-corrected chi connectivity index (χ0v) is 11.4. The second-order valence-electron chi connectivity index (χ2n) is 4.01. The Morgan fingerprint density at radius 2 is 2.21 bits per heavy atom. The number of aromatic carboxylic acids is 1. The van der Waals surface area contributed by atoms with Crippen LogP contribution in [0.15, 0.2) is 30.9 Å². The maximum atomic E-state index is 11.0. The van der Waals surface area contributed by atoms with E-state index in [1.165, 1.54) is 6.07 Å². The van der Waals surface area contributed by atoms with Crippen molar-refractivity contribution in [2.45, 2.75) is 26.4 Å². The molecule has 19 heavy (non-hydrogen) atoms. The average Bonchev–Trinajstić information content (AvgIpc) is 2.42. The zero-order valence-electron chi connectivity index (χ0n) is 11.4. The molecule has 0 aliphatic heterocycles. The zero-order chi connectivity index (χ0) is 14.3. The molecule has 0 spiro atoms. The Hall–Kier alpha value is -1.81. The van der Waals surface area contributed by atoms with E-state index in [2.05, 4.69) is 6.58 Å². The molecule has 1 aromatic carbocycles. The smallest absolute Gasteiger partial charge is 0.335 e. The van der Waals surface area contributed by atoms with Gasteiger partial charge in [0.15, 0.2) is 0 Å². The van der Waals surface area contributed by atoms with Crippen LogP contribution in [-0.4, -0.2) is 24.3 Å². The highest BCUT2D eigenvalue weighted by Gasteiger charge is 2.17. The molecule has 0 radical (unpaired) electrons. The molecule has 0 heterocycles. The average molecular weight is 264 g/mol. The molecule has 0 aliphatic carbocycles. The lowest BCUT2D eigenvalue weighted by molar-refractivity contribution is 0.0574. The van der Waals surface area contributed by atoms with Crippen molar-refractivity contribution in [1.29, 1.82) is 0 Å². The van der Waals surface area contributed by atoms with E-state index in [1.54, 1.807) is 18.2 Å². The van der Waals surface area contributed by atoms with Crippen molar-refractivity contribution in [2.24, 2.45) is 0 Å². The summed E-state index contributed by atoms with van der Waals surface area (Å²) in [5.74, 6) is -0.312. The summed E-state index contributed by atoms with van der Waals surface area (Å²) in [6.07, 6.45) is 2.24. The van der Waals surface area contributed by atoms with Crippen LogP contribution in [0.5, 0.6) is 5.75 Å². The highest BCUT2D eigenvalue weighted by Crippen LogP contribution is 2.31. The third-order valence-electron chi connectivity index (χ3n) is 2.70. The number of rotatable bonds is 8. The molecular formula is C15H20O4. The van der Waals surface area contributed by atoms with E-state index >= 15 is 0 Å². The van der Waals surface area contributed by atoms with Gasteiger partial charge >= 0.3 is 5.97 Å². The Morgan fingerprint density at radius 1 is 1.47 bits per heavy atom. The van der Waals surface area contributed by atoms with Crippen LogP contribution in [0.25, 0.3) is 0 Å². The minimum Gasteiger partial charge on any atom is -0.489 e. The van der Waals surface area contributed by atoms with Gasteiger partial charge in [0.1, 0.15) is 12.4 Å². The number of carboxylic acids is 1. The molecule has 0 fully saturated rings. The van der Waals surface area contributed by atoms with Gasteiger partial charge in [-0.2, -0.15) is 0 Å². The summed E-state index contributed by atoms with van der Waals surface area (Å²) in [6, 6.07) is 4.82. The fourth-order valence-corrected chi connectivity index (χ4v) is 1.84. The molecule has 1 N–H and O–H groups in total. The van der Waals surface area contributed by atoms with Crippen molar-refractivity contribution in [2.75, 3.05) is 13.2 Å². The molecule has 1 aromatic rings. The van der Waals surface area contributed by atoms with Gasteiger partial charge in [-0.1, -0.05) is 19.6 Å². The SMILES string of the molecule is C=CCOc1ccc(C(=O)O)cc1C(CC)OCC. The predicted octanol–water partition coefficient (Wildman–Crippen LogP) is 3.44. The highest BCUT2D eigenvalue weighted by molar-refractivity contribution is 5.88. The third kappa shape index (κ3) is 4.10. The van der Waals surface area contributed by atoms with Gasteiger partial charge in [0.25, 0.3) is 0 Å². The molecule has 0 saturated carbocycles. The van der Waals surface area contributed by atoms with Gasteiger partial charge < -0.3 is 14.6 Å². The van der Waals surface area contributed by atoms with Gasteiger partial charge in [-0.3, -0.25) is 0 Å². The number of hydrogen-bond donors (Lipinski definition) is 1. The second kappa shape index (κ2) is 7.59. The maximum Gasteiger partial charge on any atom is 0.335 e. The van der Waals surface area contributed by atoms with Crippen LogP contribution in [0.3, 0.4) is 0 Å². The molecule has 0 amide bonds. The Kier molecular flexibility index (Phi) is 6.09. The second-order valence-corrected chi connectivity index (χ2v) is 4.01. The van der Waals surface area contributed by atoms with Crippen LogP contribution < -0.4 is 4.74 Å². The molecule has 0 bridgehead atoms. The van der Waals surface area contributed by atoms with Gasteiger partial charge in [0.2, 0.25) is 0 Å². The molecule has 0 aromatic heterocycles. The van der Waals surface area contributed by atoms with E-state index in [9.17, 15) is 4.79 Å². The summed E-state index contributed by atoms with van der Waals surface area (Å²) in [4.78, 5) is 11.0. The number of benzene rings is 1. The largest absolute Gasteiger partial charge is 0.489 e. The number of carboxylic acid groups (broad SMARTS) is 1. The van der Waals surface area contributed by atoms with E-state index in [0.717, 1.165) is 12.0 Å². The number of hydrogen-bond acceptors (Lipinski definition) is 3. The van der Waals surface area contributed by atoms with Crippen LogP contribution >= 0.6 is 0 Å². The minimum atomic E-state index is -0.956. The Bertz CT molecular complexity index is 440. The van der Waals surface area contributed by atoms with Gasteiger partial charge in [-0.15, -0.1) is 0 Å². The van der Waals surface area contributed by atoms with Crippen LogP contribution in [-0.2, 0) is 4.74 Å². The first kappa shape index (κ1) is 15.2. The Balaban J connectivity index is 3.15. The van der Waals surface area contributed by atoms with Crippen LogP contribution in [0, 0.1) is 0 Å². The van der Waals surface area contributed by atoms with Gasteiger partial charge in [-0.25, -0.2) is 4.79 Å². The van der Waals surface area contributed by atoms with Crippen molar-refractivity contribution in [3.63, 3.8) is 0 Å². The Morgan fingerprint density at radius 3 is 2.74 bits per heavy atom. The lowest BCUT2D eigenvalue weighted by Crippen LogP contribution is -2.08.